The van der Waals surface area contributed by atoms with Crippen molar-refractivity contribution >= 4 is 17.9 Å². The Kier molecular flexibility index (Phi) is 16.8. The van der Waals surface area contributed by atoms with Crippen LogP contribution in [0.5, 0.6) is 11.5 Å². The molecule has 0 aliphatic carbocycles. The van der Waals surface area contributed by atoms with E-state index in [1.807, 2.05) is 18.2 Å². The topological polar surface area (TPSA) is 97.4 Å². The van der Waals surface area contributed by atoms with E-state index in [0.29, 0.717) is 55.8 Å². The van der Waals surface area contributed by atoms with E-state index in [4.69, 9.17) is 23.7 Å². The van der Waals surface area contributed by atoms with E-state index in [1.54, 1.807) is 13.8 Å². The summed E-state index contributed by atoms with van der Waals surface area (Å²) in [6, 6.07) is 12.2. The minimum Gasteiger partial charge on any atom is -0.493 e. The molecular formula is C40H54O8. The highest BCUT2D eigenvalue weighted by molar-refractivity contribution is 5.87. The lowest BCUT2D eigenvalue weighted by molar-refractivity contribution is -0.139. The summed E-state index contributed by atoms with van der Waals surface area (Å²) in [5.41, 5.74) is 4.76. The van der Waals surface area contributed by atoms with Crippen molar-refractivity contribution in [2.45, 2.75) is 110 Å². The summed E-state index contributed by atoms with van der Waals surface area (Å²) < 4.78 is 28.2. The van der Waals surface area contributed by atoms with Gasteiger partial charge in [-0.05, 0) is 92.5 Å². The maximum absolute atomic E-state index is 11.9. The quantitative estimate of drug-likeness (QED) is 0.0505. The Labute approximate surface area is 286 Å². The first-order valence-electron chi connectivity index (χ1n) is 17.5. The first-order chi connectivity index (χ1) is 23.2. The van der Waals surface area contributed by atoms with Crippen molar-refractivity contribution in [1.29, 1.82) is 0 Å². The van der Waals surface area contributed by atoms with Crippen LogP contribution in [0.15, 0.2) is 60.7 Å². The van der Waals surface area contributed by atoms with Crippen LogP contribution < -0.4 is 9.47 Å². The van der Waals surface area contributed by atoms with Crippen LogP contribution in [0.1, 0.15) is 103 Å². The zero-order valence-corrected chi connectivity index (χ0v) is 29.2. The van der Waals surface area contributed by atoms with Crippen molar-refractivity contribution in [2.75, 3.05) is 26.4 Å². The molecule has 1 heterocycles. The van der Waals surface area contributed by atoms with Crippen molar-refractivity contribution in [3.05, 3.63) is 71.8 Å². The van der Waals surface area contributed by atoms with Crippen LogP contribution in [0.3, 0.4) is 0 Å². The smallest absolute Gasteiger partial charge is 0.333 e. The van der Waals surface area contributed by atoms with E-state index in [-0.39, 0.29) is 37.7 Å². The first kappa shape index (κ1) is 38.4. The molecule has 1 unspecified atom stereocenters. The van der Waals surface area contributed by atoms with Crippen molar-refractivity contribution in [2.24, 2.45) is 0 Å². The predicted octanol–water partition coefficient (Wildman–Crippen LogP) is 8.67. The van der Waals surface area contributed by atoms with Gasteiger partial charge < -0.3 is 23.7 Å². The Bertz CT molecular complexity index is 1380. The van der Waals surface area contributed by atoms with Gasteiger partial charge in [0.2, 0.25) is 0 Å². The molecule has 1 aliphatic rings. The average Bonchev–Trinajstić information content (AvgIpc) is 3.48. The lowest BCUT2D eigenvalue weighted by atomic mass is 9.97. The first-order valence-corrected chi connectivity index (χ1v) is 17.5. The molecule has 0 N–H and O–H groups in total. The molecule has 3 rings (SSSR count). The molecule has 8 nitrogen and oxygen atoms in total. The van der Waals surface area contributed by atoms with Crippen molar-refractivity contribution < 1.29 is 38.1 Å². The second-order valence-corrected chi connectivity index (χ2v) is 12.6. The Morgan fingerprint density at radius 2 is 1.25 bits per heavy atom. The van der Waals surface area contributed by atoms with Crippen LogP contribution in [-0.2, 0) is 41.4 Å². The van der Waals surface area contributed by atoms with Gasteiger partial charge in [-0.15, -0.1) is 0 Å². The van der Waals surface area contributed by atoms with Gasteiger partial charge >= 0.3 is 17.9 Å². The van der Waals surface area contributed by atoms with Crippen LogP contribution in [-0.4, -0.2) is 50.4 Å². The third kappa shape index (κ3) is 13.6. The number of carbonyl (C=O) groups is 3. The highest BCUT2D eigenvalue weighted by atomic mass is 16.6. The maximum atomic E-state index is 11.9. The fraction of sp³-hybridized carbons (Fsp3) is 0.525. The molecule has 2 aromatic rings. The van der Waals surface area contributed by atoms with Gasteiger partial charge in [0.1, 0.15) is 24.2 Å². The van der Waals surface area contributed by atoms with E-state index < -0.39 is 5.97 Å². The largest absolute Gasteiger partial charge is 0.493 e. The molecule has 1 aliphatic heterocycles. The molecule has 1 atom stereocenters. The fourth-order valence-corrected chi connectivity index (χ4v) is 5.43. The van der Waals surface area contributed by atoms with Crippen molar-refractivity contribution in [3.8, 4) is 22.6 Å². The second kappa shape index (κ2) is 21.0. The number of aryl methyl sites for hydroxylation is 2. The Morgan fingerprint density at radius 3 is 1.77 bits per heavy atom. The van der Waals surface area contributed by atoms with Gasteiger partial charge in [-0.3, -0.25) is 4.79 Å². The third-order valence-corrected chi connectivity index (χ3v) is 8.17. The van der Waals surface area contributed by atoms with Crippen LogP contribution in [0.25, 0.3) is 11.1 Å². The minimum absolute atomic E-state index is 0.211. The number of ether oxygens (including phenoxy) is 5. The van der Waals surface area contributed by atoms with Crippen LogP contribution in [0.4, 0.5) is 0 Å². The number of cyclic esters (lactones) is 1. The molecule has 0 amide bonds. The summed E-state index contributed by atoms with van der Waals surface area (Å²) >= 11 is 0. The van der Waals surface area contributed by atoms with Crippen LogP contribution in [0.2, 0.25) is 0 Å². The van der Waals surface area contributed by atoms with Gasteiger partial charge in [0.15, 0.2) is 0 Å². The van der Waals surface area contributed by atoms with E-state index in [9.17, 15) is 14.4 Å². The van der Waals surface area contributed by atoms with Gasteiger partial charge in [-0.25, -0.2) is 9.59 Å². The zero-order chi connectivity index (χ0) is 34.7. The van der Waals surface area contributed by atoms with Gasteiger partial charge in [0.05, 0.1) is 26.2 Å². The average molecular weight is 663 g/mol. The maximum Gasteiger partial charge on any atom is 0.333 e. The summed E-state index contributed by atoms with van der Waals surface area (Å²) in [6.07, 6.45) is 12.3. The van der Waals surface area contributed by atoms with Gasteiger partial charge in [0.25, 0.3) is 0 Å². The molecule has 2 aromatic carbocycles. The standard InChI is InChI=1S/C40H54O8/c1-6-7-8-9-10-11-12-13-22-44-36-20-18-31(25-33(36)16-14-23-45-39(42)29(2)3)32-19-21-37(48-35-27-38(41)47-28-35)34(26-32)17-15-24-46-40(43)30(4)5/h18-21,25-26,35H,2,4,6-17,22-24,27-28H2,1,3,5H3. The molecule has 1 saturated heterocycles. The molecule has 1 fully saturated rings. The fourth-order valence-electron chi connectivity index (χ4n) is 5.43. The van der Waals surface area contributed by atoms with Gasteiger partial charge in [-0.1, -0.05) is 77.2 Å². The lowest BCUT2D eigenvalue weighted by Crippen LogP contribution is -2.17. The summed E-state index contributed by atoms with van der Waals surface area (Å²) in [5.74, 6) is 0.467. The number of unbranched alkanes of at least 4 members (excludes halogenated alkanes) is 7. The Hall–Kier alpha value is -4.07. The van der Waals surface area contributed by atoms with Crippen molar-refractivity contribution in [3.63, 3.8) is 0 Å². The third-order valence-electron chi connectivity index (χ3n) is 8.17. The summed E-state index contributed by atoms with van der Waals surface area (Å²) in [4.78, 5) is 35.4. The van der Waals surface area contributed by atoms with E-state index in [0.717, 1.165) is 40.8 Å². The normalized spacial score (nSPS) is 13.9. The number of esters is 3. The monoisotopic (exact) mass is 662 g/mol. The van der Waals surface area contributed by atoms with E-state index in [1.165, 1.54) is 38.5 Å². The van der Waals surface area contributed by atoms with E-state index in [2.05, 4.69) is 38.3 Å². The number of hydrogen-bond donors (Lipinski definition) is 0. The highest BCUT2D eigenvalue weighted by Gasteiger charge is 2.26. The SMILES string of the molecule is C=C(C)C(=O)OCCCc1cc(-c2ccc(OC3COC(=O)C3)c(CCCOC(=O)C(=C)C)c2)ccc1OCCCCCCCCCC. The Morgan fingerprint density at radius 1 is 0.729 bits per heavy atom. The number of hydrogen-bond acceptors (Lipinski definition) is 8. The molecule has 8 heteroatoms. The molecule has 0 saturated carbocycles. The van der Waals surface area contributed by atoms with Crippen molar-refractivity contribution in [1.82, 2.24) is 0 Å². The molecule has 0 spiro atoms. The minimum atomic E-state index is -0.409. The second-order valence-electron chi connectivity index (χ2n) is 12.6. The number of benzene rings is 2. The highest BCUT2D eigenvalue weighted by Crippen LogP contribution is 2.33. The molecule has 0 bridgehead atoms. The molecule has 48 heavy (non-hydrogen) atoms. The summed E-state index contributed by atoms with van der Waals surface area (Å²) in [6.45, 7) is 14.2. The molecular weight excluding hydrogens is 608 g/mol. The van der Waals surface area contributed by atoms with Crippen LogP contribution >= 0.6 is 0 Å². The van der Waals surface area contributed by atoms with Crippen LogP contribution in [0, 0.1) is 0 Å². The van der Waals surface area contributed by atoms with Gasteiger partial charge in [-0.2, -0.15) is 0 Å². The molecule has 0 radical (unpaired) electrons. The molecule has 0 aromatic heterocycles. The lowest BCUT2D eigenvalue weighted by Gasteiger charge is -2.17. The predicted molar refractivity (Wildman–Crippen MR) is 188 cm³/mol. The van der Waals surface area contributed by atoms with E-state index >= 15 is 0 Å². The molecule has 262 valence electrons. The summed E-state index contributed by atoms with van der Waals surface area (Å²) in [7, 11) is 0. The number of rotatable bonds is 23. The van der Waals surface area contributed by atoms with Gasteiger partial charge in [0, 0.05) is 11.1 Å². The Balaban J connectivity index is 1.74. The number of carbonyl (C=O) groups excluding carboxylic acids is 3. The summed E-state index contributed by atoms with van der Waals surface area (Å²) in [5, 5.41) is 0. The zero-order valence-electron chi connectivity index (χ0n) is 29.2.